The van der Waals surface area contributed by atoms with Crippen molar-refractivity contribution in [3.8, 4) is 6.07 Å². The zero-order valence-electron chi connectivity index (χ0n) is 21.2. The average molecular weight is 551 g/mol. The number of pyridine rings is 1. The molecule has 1 amide bonds. The average Bonchev–Trinajstić information content (AvgIpc) is 3.14. The Balaban J connectivity index is 1.33. The normalized spacial score (nSPS) is 24.3. The van der Waals surface area contributed by atoms with Crippen LogP contribution >= 0.6 is 11.6 Å². The van der Waals surface area contributed by atoms with Gasteiger partial charge in [-0.2, -0.15) is 18.4 Å². The third kappa shape index (κ3) is 4.85. The highest BCUT2D eigenvalue weighted by atomic mass is 35.5. The molecule has 5 heterocycles. The van der Waals surface area contributed by atoms with E-state index >= 15 is 0 Å². The van der Waals surface area contributed by atoms with E-state index in [1.807, 2.05) is 22.8 Å². The minimum absolute atomic E-state index is 0.0986. The van der Waals surface area contributed by atoms with Crippen molar-refractivity contribution in [2.75, 3.05) is 62.2 Å². The second kappa shape index (κ2) is 10.1. The number of carbonyl (C=O) groups excluding carboxylic acids is 1. The van der Waals surface area contributed by atoms with E-state index in [2.05, 4.69) is 16.5 Å². The summed E-state index contributed by atoms with van der Waals surface area (Å²) >= 11 is 6.45. The number of carbonyl (C=O) groups is 1. The Hall–Kier alpha value is -2.81. The molecule has 1 aromatic rings. The highest BCUT2D eigenvalue weighted by molar-refractivity contribution is 6.31. The van der Waals surface area contributed by atoms with Crippen LogP contribution < -0.4 is 9.80 Å². The molecule has 0 unspecified atom stereocenters. The summed E-state index contributed by atoms with van der Waals surface area (Å²) in [4.78, 5) is 23.4. The van der Waals surface area contributed by atoms with Crippen molar-refractivity contribution in [3.63, 3.8) is 0 Å². The van der Waals surface area contributed by atoms with Gasteiger partial charge in [-0.25, -0.2) is 4.98 Å². The van der Waals surface area contributed by atoms with E-state index < -0.39 is 23.0 Å². The second-order valence-corrected chi connectivity index (χ2v) is 10.7. The highest BCUT2D eigenvalue weighted by Crippen LogP contribution is 2.44. The Bertz CT molecular complexity index is 1180. The first-order valence-electron chi connectivity index (χ1n) is 12.8. The lowest BCUT2D eigenvalue weighted by atomic mass is 9.91. The van der Waals surface area contributed by atoms with Crippen LogP contribution in [0.1, 0.15) is 31.0 Å². The molecule has 12 heteroatoms. The van der Waals surface area contributed by atoms with Crippen LogP contribution in [0.25, 0.3) is 0 Å². The van der Waals surface area contributed by atoms with Crippen molar-refractivity contribution in [1.29, 1.82) is 5.26 Å². The number of nitrogens with zero attached hydrogens (tertiary/aromatic N) is 6. The van der Waals surface area contributed by atoms with Crippen molar-refractivity contribution in [2.45, 2.75) is 43.7 Å². The first-order chi connectivity index (χ1) is 18.0. The monoisotopic (exact) mass is 550 g/mol. The van der Waals surface area contributed by atoms with Gasteiger partial charge in [-0.1, -0.05) is 18.2 Å². The second-order valence-electron chi connectivity index (χ2n) is 10.3. The summed E-state index contributed by atoms with van der Waals surface area (Å²) in [5, 5.41) is 10.4. The number of hydrogen-bond acceptors (Lipinski definition) is 7. The van der Waals surface area contributed by atoms with Gasteiger partial charge in [0, 0.05) is 69.5 Å². The molecule has 38 heavy (non-hydrogen) atoms. The molecule has 1 atom stereocenters. The maximum absolute atomic E-state index is 14.0. The fourth-order valence-corrected chi connectivity index (χ4v) is 6.23. The SMILES string of the molecule is C=CC(=O)N1CCN(C2CN(c3cc(N4CCC5(CC4)O[C@H](C)C=C5Cl)nc(C(F)(F)F)c3C#N)C2)CC1. The molecule has 0 aliphatic carbocycles. The van der Waals surface area contributed by atoms with Crippen LogP contribution in [-0.4, -0.2) is 90.8 Å². The van der Waals surface area contributed by atoms with Crippen molar-refractivity contribution in [3.05, 3.63) is 41.1 Å². The molecule has 0 aromatic carbocycles. The highest BCUT2D eigenvalue weighted by Gasteiger charge is 2.45. The lowest BCUT2D eigenvalue weighted by Gasteiger charge is -2.49. The standard InChI is InChI=1S/C26H30ClF3N6O2/c1-3-23(37)35-10-8-33(9-11-35)18-15-36(16-18)20-13-22(32-24(19(20)14-31)26(28,29)30)34-6-4-25(5-7-34)21(27)12-17(2)38-25/h3,12-13,17-18H,1,4-11,15-16H2,2H3/t17-/m1/s1. The van der Waals surface area contributed by atoms with Crippen LogP contribution in [-0.2, 0) is 15.7 Å². The van der Waals surface area contributed by atoms with Gasteiger partial charge in [0.25, 0.3) is 0 Å². The molecule has 4 aliphatic rings. The van der Waals surface area contributed by atoms with E-state index in [9.17, 15) is 23.2 Å². The van der Waals surface area contributed by atoms with Gasteiger partial charge in [-0.3, -0.25) is 9.69 Å². The molecule has 4 aliphatic heterocycles. The zero-order valence-corrected chi connectivity index (χ0v) is 21.9. The van der Waals surface area contributed by atoms with E-state index in [1.54, 1.807) is 17.0 Å². The third-order valence-corrected chi connectivity index (χ3v) is 8.48. The Morgan fingerprint density at radius 1 is 1.21 bits per heavy atom. The lowest BCUT2D eigenvalue weighted by Crippen LogP contribution is -2.63. The number of halogens is 4. The van der Waals surface area contributed by atoms with Gasteiger partial charge in [0.15, 0.2) is 5.69 Å². The number of amides is 1. The maximum atomic E-state index is 14.0. The minimum Gasteiger partial charge on any atom is -0.367 e. The van der Waals surface area contributed by atoms with Crippen LogP contribution in [0.2, 0.25) is 0 Å². The summed E-state index contributed by atoms with van der Waals surface area (Å²) in [6.07, 6.45) is -0.613. The number of ether oxygens (including phenoxy) is 1. The Morgan fingerprint density at radius 2 is 1.87 bits per heavy atom. The van der Waals surface area contributed by atoms with Crippen LogP contribution in [0, 0.1) is 11.3 Å². The molecular weight excluding hydrogens is 521 g/mol. The molecule has 0 saturated carbocycles. The van der Waals surface area contributed by atoms with E-state index in [0.717, 1.165) is 0 Å². The van der Waals surface area contributed by atoms with Crippen LogP contribution in [0.3, 0.4) is 0 Å². The number of anilines is 2. The number of aromatic nitrogens is 1. The molecule has 204 valence electrons. The summed E-state index contributed by atoms with van der Waals surface area (Å²) in [6, 6.07) is 3.51. The molecular formula is C26H30ClF3N6O2. The molecule has 0 radical (unpaired) electrons. The largest absolute Gasteiger partial charge is 0.434 e. The van der Waals surface area contributed by atoms with Crippen LogP contribution in [0.5, 0.6) is 0 Å². The fourth-order valence-electron chi connectivity index (χ4n) is 5.82. The van der Waals surface area contributed by atoms with Crippen LogP contribution in [0.4, 0.5) is 24.7 Å². The first kappa shape index (κ1) is 26.8. The predicted octanol–water partition coefficient (Wildman–Crippen LogP) is 3.37. The molecule has 0 bridgehead atoms. The summed E-state index contributed by atoms with van der Waals surface area (Å²) < 4.78 is 48.2. The summed E-state index contributed by atoms with van der Waals surface area (Å²) in [5.74, 6) is 0.103. The summed E-state index contributed by atoms with van der Waals surface area (Å²) in [6.45, 7) is 9.84. The van der Waals surface area contributed by atoms with Gasteiger partial charge in [-0.15, -0.1) is 0 Å². The van der Waals surface area contributed by atoms with Gasteiger partial charge < -0.3 is 19.4 Å². The van der Waals surface area contributed by atoms with E-state index in [4.69, 9.17) is 16.3 Å². The number of hydrogen-bond donors (Lipinski definition) is 0. The fraction of sp³-hybridized carbons (Fsp3) is 0.577. The number of piperazine rings is 1. The third-order valence-electron chi connectivity index (χ3n) is 8.01. The molecule has 3 fully saturated rings. The molecule has 1 aromatic heterocycles. The lowest BCUT2D eigenvalue weighted by molar-refractivity contribution is -0.141. The van der Waals surface area contributed by atoms with Gasteiger partial charge in [0.1, 0.15) is 23.1 Å². The topological polar surface area (TPSA) is 75.9 Å². The summed E-state index contributed by atoms with van der Waals surface area (Å²) in [5.41, 5.74) is -1.94. The van der Waals surface area contributed by atoms with Crippen molar-refractivity contribution >= 4 is 29.0 Å². The minimum atomic E-state index is -4.76. The number of rotatable bonds is 4. The number of nitriles is 1. The Morgan fingerprint density at radius 3 is 2.39 bits per heavy atom. The van der Waals surface area contributed by atoms with Crippen molar-refractivity contribution in [2.24, 2.45) is 0 Å². The quantitative estimate of drug-likeness (QED) is 0.532. The van der Waals surface area contributed by atoms with Crippen molar-refractivity contribution < 1.29 is 22.7 Å². The van der Waals surface area contributed by atoms with Gasteiger partial charge >= 0.3 is 6.18 Å². The van der Waals surface area contributed by atoms with Gasteiger partial charge in [0.2, 0.25) is 5.91 Å². The van der Waals surface area contributed by atoms with E-state index in [0.29, 0.717) is 70.2 Å². The van der Waals surface area contributed by atoms with Gasteiger partial charge in [0.05, 0.1) is 11.8 Å². The Kier molecular flexibility index (Phi) is 7.09. The maximum Gasteiger partial charge on any atom is 0.434 e. The van der Waals surface area contributed by atoms with Gasteiger partial charge in [-0.05, 0) is 31.9 Å². The Labute approximate surface area is 224 Å². The predicted molar refractivity (Wildman–Crippen MR) is 137 cm³/mol. The van der Waals surface area contributed by atoms with E-state index in [-0.39, 0.29) is 29.6 Å². The van der Waals surface area contributed by atoms with Crippen LogP contribution in [0.15, 0.2) is 29.8 Å². The number of piperidine rings is 1. The molecule has 0 N–H and O–H groups in total. The van der Waals surface area contributed by atoms with E-state index in [1.165, 1.54) is 6.08 Å². The molecule has 5 rings (SSSR count). The number of alkyl halides is 3. The molecule has 3 saturated heterocycles. The summed E-state index contributed by atoms with van der Waals surface area (Å²) in [7, 11) is 0. The van der Waals surface area contributed by atoms with Crippen molar-refractivity contribution in [1.82, 2.24) is 14.8 Å². The molecule has 8 nitrogen and oxygen atoms in total. The molecule has 1 spiro atoms. The smallest absolute Gasteiger partial charge is 0.367 e. The first-order valence-corrected chi connectivity index (χ1v) is 13.2. The zero-order chi connectivity index (χ0) is 27.2.